The van der Waals surface area contributed by atoms with Crippen molar-refractivity contribution in [1.29, 1.82) is 0 Å². The molecule has 0 saturated carbocycles. The second-order valence-corrected chi connectivity index (χ2v) is 7.26. The van der Waals surface area contributed by atoms with Crippen LogP contribution in [0.25, 0.3) is 0 Å². The van der Waals surface area contributed by atoms with E-state index < -0.39 is 15.9 Å². The van der Waals surface area contributed by atoms with Gasteiger partial charge in [-0.1, -0.05) is 29.3 Å². The largest absolute Gasteiger partial charge is 0.352 e. The van der Waals surface area contributed by atoms with E-state index in [1.807, 2.05) is 0 Å². The number of amides is 1. The Morgan fingerprint density at radius 3 is 2.45 bits per heavy atom. The second-order valence-electron chi connectivity index (χ2n) is 4.56. The highest BCUT2D eigenvalue weighted by molar-refractivity contribution is 7.92. The van der Waals surface area contributed by atoms with Crippen molar-refractivity contribution in [2.75, 3.05) is 17.1 Å². The van der Waals surface area contributed by atoms with Crippen molar-refractivity contribution in [2.45, 2.75) is 19.9 Å². The molecular formula is C12H16Cl2N2O3S. The molecule has 0 bridgehead atoms. The Hall–Kier alpha value is -0.980. The maximum atomic E-state index is 11.9. The van der Waals surface area contributed by atoms with Crippen molar-refractivity contribution in [3.8, 4) is 0 Å². The first kappa shape index (κ1) is 17.1. The van der Waals surface area contributed by atoms with Crippen molar-refractivity contribution >= 4 is 44.8 Å². The van der Waals surface area contributed by atoms with Gasteiger partial charge in [0.1, 0.15) is 6.54 Å². The van der Waals surface area contributed by atoms with Gasteiger partial charge in [-0.2, -0.15) is 0 Å². The fourth-order valence-corrected chi connectivity index (χ4v) is 2.87. The molecule has 1 aromatic carbocycles. The van der Waals surface area contributed by atoms with Gasteiger partial charge < -0.3 is 5.32 Å². The highest BCUT2D eigenvalue weighted by Crippen LogP contribution is 2.33. The van der Waals surface area contributed by atoms with Crippen LogP contribution in [-0.2, 0) is 14.8 Å². The van der Waals surface area contributed by atoms with E-state index in [0.717, 1.165) is 10.6 Å². The fraction of sp³-hybridized carbons (Fsp3) is 0.417. The summed E-state index contributed by atoms with van der Waals surface area (Å²) >= 11 is 11.9. The van der Waals surface area contributed by atoms with E-state index in [4.69, 9.17) is 23.2 Å². The topological polar surface area (TPSA) is 66.5 Å². The Kier molecular flexibility index (Phi) is 5.68. The Morgan fingerprint density at radius 1 is 1.35 bits per heavy atom. The molecule has 0 fully saturated rings. The first-order chi connectivity index (χ1) is 9.12. The minimum absolute atomic E-state index is 0.0845. The summed E-state index contributed by atoms with van der Waals surface area (Å²) in [7, 11) is -3.66. The van der Waals surface area contributed by atoms with Crippen molar-refractivity contribution in [1.82, 2.24) is 5.32 Å². The molecule has 0 spiro atoms. The number of nitrogens with zero attached hydrogens (tertiary/aromatic N) is 1. The quantitative estimate of drug-likeness (QED) is 0.895. The molecule has 112 valence electrons. The molecule has 1 aromatic rings. The lowest BCUT2D eigenvalue weighted by atomic mass is 10.3. The number of benzene rings is 1. The number of carbonyl (C=O) groups is 1. The Balaban J connectivity index is 3.15. The fourth-order valence-electron chi connectivity index (χ4n) is 1.56. The lowest BCUT2D eigenvalue weighted by molar-refractivity contribution is -0.120. The van der Waals surface area contributed by atoms with Crippen molar-refractivity contribution < 1.29 is 13.2 Å². The number of nitrogens with one attached hydrogen (secondary N) is 1. The van der Waals surface area contributed by atoms with Crippen molar-refractivity contribution in [3.05, 3.63) is 28.2 Å². The number of rotatable bonds is 5. The molecule has 8 heteroatoms. The predicted octanol–water partition coefficient (Wildman–Crippen LogP) is 2.28. The Morgan fingerprint density at radius 2 is 1.95 bits per heavy atom. The summed E-state index contributed by atoms with van der Waals surface area (Å²) in [5.41, 5.74) is 0.181. The summed E-state index contributed by atoms with van der Waals surface area (Å²) in [5.74, 6) is -0.415. The van der Waals surface area contributed by atoms with Gasteiger partial charge in [0.05, 0.1) is 22.0 Å². The Bertz CT molecular complexity index is 603. The predicted molar refractivity (Wildman–Crippen MR) is 81.9 cm³/mol. The zero-order valence-corrected chi connectivity index (χ0v) is 13.7. The summed E-state index contributed by atoms with van der Waals surface area (Å²) < 4.78 is 24.7. The summed E-state index contributed by atoms with van der Waals surface area (Å²) in [5, 5.41) is 2.95. The summed E-state index contributed by atoms with van der Waals surface area (Å²) in [6, 6.07) is 4.53. The molecule has 0 aliphatic rings. The van der Waals surface area contributed by atoms with E-state index in [-0.39, 0.29) is 28.3 Å². The SMILES string of the molecule is CC(C)NC(=O)CN(c1cccc(Cl)c1Cl)S(C)(=O)=O. The van der Waals surface area contributed by atoms with E-state index in [9.17, 15) is 13.2 Å². The van der Waals surface area contributed by atoms with Gasteiger partial charge in [-0.15, -0.1) is 0 Å². The Labute approximate surface area is 128 Å². The molecule has 20 heavy (non-hydrogen) atoms. The molecule has 0 saturated heterocycles. The maximum absolute atomic E-state index is 11.9. The van der Waals surface area contributed by atoms with Crippen LogP contribution in [0.3, 0.4) is 0 Å². The van der Waals surface area contributed by atoms with Gasteiger partial charge in [0.15, 0.2) is 0 Å². The first-order valence-corrected chi connectivity index (χ1v) is 8.44. The number of anilines is 1. The molecule has 0 unspecified atom stereocenters. The van der Waals surface area contributed by atoms with Crippen molar-refractivity contribution in [3.63, 3.8) is 0 Å². The third kappa shape index (κ3) is 4.54. The number of sulfonamides is 1. The molecule has 0 radical (unpaired) electrons. The lowest BCUT2D eigenvalue weighted by Gasteiger charge is -2.23. The maximum Gasteiger partial charge on any atom is 0.240 e. The molecule has 0 atom stereocenters. The second kappa shape index (κ2) is 6.65. The number of hydrogen-bond acceptors (Lipinski definition) is 3. The summed E-state index contributed by atoms with van der Waals surface area (Å²) in [4.78, 5) is 11.8. The first-order valence-electron chi connectivity index (χ1n) is 5.84. The third-order valence-electron chi connectivity index (χ3n) is 2.34. The highest BCUT2D eigenvalue weighted by atomic mass is 35.5. The van der Waals surface area contributed by atoms with Crippen LogP contribution in [0.4, 0.5) is 5.69 Å². The smallest absolute Gasteiger partial charge is 0.240 e. The van der Waals surface area contributed by atoms with Gasteiger partial charge in [0.25, 0.3) is 0 Å². The van der Waals surface area contributed by atoms with Crippen LogP contribution in [-0.4, -0.2) is 33.2 Å². The van der Waals surface area contributed by atoms with Gasteiger partial charge in [0.2, 0.25) is 15.9 Å². The van der Waals surface area contributed by atoms with E-state index in [2.05, 4.69) is 5.32 Å². The molecule has 0 aliphatic carbocycles. The molecule has 0 aromatic heterocycles. The lowest BCUT2D eigenvalue weighted by Crippen LogP contribution is -2.42. The minimum Gasteiger partial charge on any atom is -0.352 e. The number of halogens is 2. The molecular weight excluding hydrogens is 323 g/mol. The van der Waals surface area contributed by atoms with E-state index >= 15 is 0 Å². The van der Waals surface area contributed by atoms with Crippen LogP contribution < -0.4 is 9.62 Å². The van der Waals surface area contributed by atoms with Crippen molar-refractivity contribution in [2.24, 2.45) is 0 Å². The van der Waals surface area contributed by atoms with Crippen LogP contribution in [0.2, 0.25) is 10.0 Å². The number of hydrogen-bond donors (Lipinski definition) is 1. The van der Waals surface area contributed by atoms with Crippen LogP contribution in [0.5, 0.6) is 0 Å². The van der Waals surface area contributed by atoms with Gasteiger partial charge in [-0.3, -0.25) is 9.10 Å². The van der Waals surface area contributed by atoms with Gasteiger partial charge in [0, 0.05) is 6.04 Å². The van der Waals surface area contributed by atoms with Gasteiger partial charge >= 0.3 is 0 Å². The molecule has 0 aliphatic heterocycles. The summed E-state index contributed by atoms with van der Waals surface area (Å²) in [6.07, 6.45) is 1.01. The summed E-state index contributed by atoms with van der Waals surface area (Å²) in [6.45, 7) is 3.22. The van der Waals surface area contributed by atoms with Crippen LogP contribution in [0.15, 0.2) is 18.2 Å². The number of carbonyl (C=O) groups excluding carboxylic acids is 1. The van der Waals surface area contributed by atoms with E-state index in [0.29, 0.717) is 0 Å². The third-order valence-corrected chi connectivity index (χ3v) is 4.27. The zero-order valence-electron chi connectivity index (χ0n) is 11.4. The molecule has 1 N–H and O–H groups in total. The molecule has 1 amide bonds. The standard InChI is InChI=1S/C12H16Cl2N2O3S/c1-8(2)15-11(17)7-16(20(3,18)19)10-6-4-5-9(13)12(10)14/h4-6,8H,7H2,1-3H3,(H,15,17). The van der Waals surface area contributed by atoms with E-state index in [1.54, 1.807) is 26.0 Å². The molecule has 5 nitrogen and oxygen atoms in total. The van der Waals surface area contributed by atoms with Crippen LogP contribution in [0, 0.1) is 0 Å². The zero-order chi connectivity index (χ0) is 15.5. The highest BCUT2D eigenvalue weighted by Gasteiger charge is 2.23. The van der Waals surface area contributed by atoms with Gasteiger partial charge in [-0.25, -0.2) is 8.42 Å². The van der Waals surface area contributed by atoms with Crippen LogP contribution >= 0.6 is 23.2 Å². The molecule has 1 rings (SSSR count). The van der Waals surface area contributed by atoms with Crippen LogP contribution in [0.1, 0.15) is 13.8 Å². The average molecular weight is 339 g/mol. The monoisotopic (exact) mass is 338 g/mol. The van der Waals surface area contributed by atoms with Gasteiger partial charge in [-0.05, 0) is 26.0 Å². The molecule has 0 heterocycles. The average Bonchev–Trinajstić information content (AvgIpc) is 2.28. The normalized spacial score (nSPS) is 11.5. The van der Waals surface area contributed by atoms with E-state index in [1.165, 1.54) is 6.07 Å². The minimum atomic E-state index is -3.66.